The van der Waals surface area contributed by atoms with Crippen molar-refractivity contribution in [3.05, 3.63) is 109 Å². The molecule has 2 aromatic carbocycles. The average Bonchev–Trinajstić information content (AvgIpc) is 2.70. The molecule has 0 saturated carbocycles. The number of carbonyl (C=O) groups excluding carboxylic acids is 1. The van der Waals surface area contributed by atoms with Crippen LogP contribution in [0.2, 0.25) is 0 Å². The van der Waals surface area contributed by atoms with Crippen molar-refractivity contribution < 1.29 is 14.6 Å². The van der Waals surface area contributed by atoms with Gasteiger partial charge in [-0.25, -0.2) is 0 Å². The Balaban J connectivity index is 1.80. The minimum absolute atomic E-state index is 0.0637. The number of non-ortho nitro benzene ring substituents is 2. The zero-order chi connectivity index (χ0) is 21.0. The highest BCUT2D eigenvalue weighted by atomic mass is 16.6. The fraction of sp³-hybridized carbons (Fsp3) is 0.0526. The largest absolute Gasteiger partial charge is 0.322 e. The number of pyridine rings is 1. The van der Waals surface area contributed by atoms with Crippen LogP contribution in [0.4, 0.5) is 17.1 Å². The van der Waals surface area contributed by atoms with Gasteiger partial charge < -0.3 is 9.88 Å². The van der Waals surface area contributed by atoms with Crippen molar-refractivity contribution >= 4 is 23.0 Å². The fourth-order valence-electron chi connectivity index (χ4n) is 2.61. The zero-order valence-electron chi connectivity index (χ0n) is 14.8. The van der Waals surface area contributed by atoms with Gasteiger partial charge in [0.1, 0.15) is 0 Å². The summed E-state index contributed by atoms with van der Waals surface area (Å²) in [6, 6.07) is 13.8. The van der Waals surface area contributed by atoms with Crippen molar-refractivity contribution in [3.8, 4) is 0 Å². The van der Waals surface area contributed by atoms with Crippen molar-refractivity contribution in [1.82, 2.24) is 4.57 Å². The van der Waals surface area contributed by atoms with Gasteiger partial charge in [-0.2, -0.15) is 0 Å². The van der Waals surface area contributed by atoms with Crippen LogP contribution in [0.1, 0.15) is 15.9 Å². The zero-order valence-corrected chi connectivity index (χ0v) is 14.8. The first kappa shape index (κ1) is 19.4. The van der Waals surface area contributed by atoms with E-state index in [1.807, 2.05) is 0 Å². The molecule has 1 heterocycles. The van der Waals surface area contributed by atoms with Gasteiger partial charge in [0, 0.05) is 42.2 Å². The molecule has 0 spiro atoms. The Labute approximate surface area is 163 Å². The van der Waals surface area contributed by atoms with Gasteiger partial charge in [-0.05, 0) is 17.7 Å². The number of benzene rings is 2. The molecule has 0 aliphatic carbocycles. The van der Waals surface area contributed by atoms with Gasteiger partial charge >= 0.3 is 0 Å². The minimum Gasteiger partial charge on any atom is -0.322 e. The molecule has 0 bridgehead atoms. The maximum Gasteiger partial charge on any atom is 0.271 e. The molecule has 29 heavy (non-hydrogen) atoms. The minimum atomic E-state index is -0.569. The molecule has 10 nitrogen and oxygen atoms in total. The molecule has 3 rings (SSSR count). The molecule has 0 atom stereocenters. The van der Waals surface area contributed by atoms with E-state index in [9.17, 15) is 29.8 Å². The Bertz CT molecular complexity index is 1150. The lowest BCUT2D eigenvalue weighted by molar-refractivity contribution is -0.385. The molecule has 10 heteroatoms. The summed E-state index contributed by atoms with van der Waals surface area (Å²) < 4.78 is 1.30. The van der Waals surface area contributed by atoms with Crippen molar-refractivity contribution in [2.24, 2.45) is 0 Å². The third kappa shape index (κ3) is 4.69. The summed E-state index contributed by atoms with van der Waals surface area (Å²) in [6.07, 6.45) is 1.36. The number of nitro groups is 2. The van der Waals surface area contributed by atoms with Crippen LogP contribution in [0.3, 0.4) is 0 Å². The Morgan fingerprint density at radius 2 is 1.62 bits per heavy atom. The first-order valence-electron chi connectivity index (χ1n) is 8.33. The number of anilines is 1. The third-order valence-electron chi connectivity index (χ3n) is 4.06. The molecule has 1 amide bonds. The number of carbonyl (C=O) groups is 1. The fourth-order valence-corrected chi connectivity index (χ4v) is 2.61. The van der Waals surface area contributed by atoms with Gasteiger partial charge in [0.2, 0.25) is 0 Å². The Morgan fingerprint density at radius 1 is 0.931 bits per heavy atom. The summed E-state index contributed by atoms with van der Waals surface area (Å²) in [7, 11) is 0. The van der Waals surface area contributed by atoms with Crippen LogP contribution in [-0.4, -0.2) is 20.3 Å². The number of rotatable bonds is 6. The predicted molar refractivity (Wildman–Crippen MR) is 104 cm³/mol. The van der Waals surface area contributed by atoms with E-state index >= 15 is 0 Å². The first-order valence-corrected chi connectivity index (χ1v) is 8.33. The van der Waals surface area contributed by atoms with Crippen LogP contribution in [0.25, 0.3) is 0 Å². The predicted octanol–water partition coefficient (Wildman–Crippen LogP) is 2.97. The highest BCUT2D eigenvalue weighted by molar-refractivity contribution is 6.04. The van der Waals surface area contributed by atoms with Gasteiger partial charge in [-0.15, -0.1) is 0 Å². The lowest BCUT2D eigenvalue weighted by atomic mass is 10.2. The van der Waals surface area contributed by atoms with Crippen LogP contribution in [0.15, 0.2) is 71.7 Å². The topological polar surface area (TPSA) is 137 Å². The molecule has 0 radical (unpaired) electrons. The number of hydrogen-bond acceptors (Lipinski definition) is 6. The molecule has 3 aromatic rings. The smallest absolute Gasteiger partial charge is 0.271 e. The van der Waals surface area contributed by atoms with Crippen molar-refractivity contribution in [2.75, 3.05) is 5.32 Å². The maximum absolute atomic E-state index is 12.5. The second-order valence-corrected chi connectivity index (χ2v) is 6.07. The van der Waals surface area contributed by atoms with Gasteiger partial charge in [0.05, 0.1) is 22.0 Å². The van der Waals surface area contributed by atoms with E-state index in [4.69, 9.17) is 0 Å². The Morgan fingerprint density at radius 3 is 2.28 bits per heavy atom. The summed E-state index contributed by atoms with van der Waals surface area (Å²) in [6.45, 7) is 0.120. The van der Waals surface area contributed by atoms with E-state index < -0.39 is 15.8 Å². The number of nitrogens with zero attached hydrogens (tertiary/aromatic N) is 3. The SMILES string of the molecule is O=C(Nc1cccc([N+](=O)[O-])c1)c1ccc(=O)n(Cc2ccc([N+](=O)[O-])cc2)c1. The average molecular weight is 394 g/mol. The Kier molecular flexibility index (Phi) is 5.44. The normalized spacial score (nSPS) is 10.3. The Hall–Kier alpha value is -4.34. The quantitative estimate of drug-likeness (QED) is 0.504. The summed E-state index contributed by atoms with van der Waals surface area (Å²) in [5, 5.41) is 24.1. The lowest BCUT2D eigenvalue weighted by Gasteiger charge is -2.09. The van der Waals surface area contributed by atoms with Crippen LogP contribution in [-0.2, 0) is 6.54 Å². The number of nitro benzene ring substituents is 2. The van der Waals surface area contributed by atoms with E-state index in [-0.39, 0.29) is 34.7 Å². The molecule has 0 saturated heterocycles. The maximum atomic E-state index is 12.5. The highest BCUT2D eigenvalue weighted by Gasteiger charge is 2.12. The van der Waals surface area contributed by atoms with E-state index in [1.165, 1.54) is 71.4 Å². The molecular formula is C19H14N4O6. The molecule has 1 aromatic heterocycles. The molecule has 146 valence electrons. The van der Waals surface area contributed by atoms with E-state index in [0.29, 0.717) is 5.56 Å². The van der Waals surface area contributed by atoms with Crippen LogP contribution in [0.5, 0.6) is 0 Å². The van der Waals surface area contributed by atoms with Crippen molar-refractivity contribution in [2.45, 2.75) is 6.54 Å². The number of aromatic nitrogens is 1. The van der Waals surface area contributed by atoms with Gasteiger partial charge in [-0.1, -0.05) is 18.2 Å². The summed E-state index contributed by atoms with van der Waals surface area (Å²) >= 11 is 0. The summed E-state index contributed by atoms with van der Waals surface area (Å²) in [5.41, 5.74) is 0.497. The van der Waals surface area contributed by atoms with Crippen molar-refractivity contribution in [1.29, 1.82) is 0 Å². The number of hydrogen-bond donors (Lipinski definition) is 1. The van der Waals surface area contributed by atoms with Gasteiger partial charge in [0.15, 0.2) is 0 Å². The first-order chi connectivity index (χ1) is 13.8. The monoisotopic (exact) mass is 394 g/mol. The molecule has 1 N–H and O–H groups in total. The molecule has 0 fully saturated rings. The second-order valence-electron chi connectivity index (χ2n) is 6.07. The molecule has 0 unspecified atom stereocenters. The van der Waals surface area contributed by atoms with Gasteiger partial charge in [-0.3, -0.25) is 29.8 Å². The molecule has 0 aliphatic heterocycles. The summed E-state index contributed by atoms with van der Waals surface area (Å²) in [4.78, 5) is 45.0. The van der Waals surface area contributed by atoms with Crippen LogP contribution < -0.4 is 10.9 Å². The van der Waals surface area contributed by atoms with Crippen molar-refractivity contribution in [3.63, 3.8) is 0 Å². The summed E-state index contributed by atoms with van der Waals surface area (Å²) in [5.74, 6) is -0.539. The molecular weight excluding hydrogens is 380 g/mol. The standard InChI is InChI=1S/C19H14N4O6/c24-18-9-6-14(19(25)20-15-2-1-3-17(10-15)23(28)29)12-21(18)11-13-4-7-16(8-5-13)22(26)27/h1-10,12H,11H2,(H,20,25). The van der Waals surface area contributed by atoms with E-state index in [1.54, 1.807) is 0 Å². The van der Waals surface area contributed by atoms with E-state index in [2.05, 4.69) is 5.32 Å². The number of amides is 1. The van der Waals surface area contributed by atoms with E-state index in [0.717, 1.165) is 0 Å². The number of nitrogens with one attached hydrogen (secondary N) is 1. The second kappa shape index (κ2) is 8.13. The van der Waals surface area contributed by atoms with Gasteiger partial charge in [0.25, 0.3) is 22.8 Å². The van der Waals surface area contributed by atoms with Crippen LogP contribution in [0, 0.1) is 20.2 Å². The third-order valence-corrected chi connectivity index (χ3v) is 4.06. The molecule has 0 aliphatic rings. The lowest BCUT2D eigenvalue weighted by Crippen LogP contribution is -2.22. The van der Waals surface area contributed by atoms with Crippen LogP contribution >= 0.6 is 0 Å². The highest BCUT2D eigenvalue weighted by Crippen LogP contribution is 2.18.